The maximum absolute atomic E-state index is 11.0. The molecule has 1 aromatic carbocycles. The van der Waals surface area contributed by atoms with Crippen molar-refractivity contribution in [3.8, 4) is 0 Å². The second-order valence-corrected chi connectivity index (χ2v) is 4.06. The van der Waals surface area contributed by atoms with Crippen LogP contribution in [-0.4, -0.2) is 39.4 Å². The fourth-order valence-electron chi connectivity index (χ4n) is 1.57. The summed E-state index contributed by atoms with van der Waals surface area (Å²) < 4.78 is 0. The smallest absolute Gasteiger partial charge is 0.294 e. The van der Waals surface area contributed by atoms with Gasteiger partial charge in [-0.2, -0.15) is 0 Å². The topological polar surface area (TPSA) is 66.7 Å². The van der Waals surface area contributed by atoms with Gasteiger partial charge in [0.25, 0.3) is 5.69 Å². The highest BCUT2D eigenvalue weighted by atomic mass is 16.6. The molecular formula is C11H15N3O3. The van der Waals surface area contributed by atoms with Crippen LogP contribution in [0.5, 0.6) is 0 Å². The lowest BCUT2D eigenvalue weighted by molar-refractivity contribution is -0.384. The molecule has 0 unspecified atom stereocenters. The van der Waals surface area contributed by atoms with E-state index in [9.17, 15) is 14.9 Å². The van der Waals surface area contributed by atoms with Crippen LogP contribution >= 0.6 is 0 Å². The van der Waals surface area contributed by atoms with E-state index in [1.807, 2.05) is 0 Å². The number of nitrogens with zero attached hydrogens (tertiary/aromatic N) is 3. The Morgan fingerprint density at radius 3 is 2.00 bits per heavy atom. The molecule has 6 nitrogen and oxygen atoms in total. The average Bonchev–Trinajstić information content (AvgIpc) is 2.26. The molecule has 0 aliphatic carbocycles. The molecule has 0 bridgehead atoms. The van der Waals surface area contributed by atoms with Crippen molar-refractivity contribution in [3.63, 3.8) is 0 Å². The Labute approximate surface area is 99.6 Å². The van der Waals surface area contributed by atoms with E-state index in [-0.39, 0.29) is 5.69 Å². The Hall–Kier alpha value is -2.11. The molecule has 0 N–H and O–H groups in total. The van der Waals surface area contributed by atoms with E-state index < -0.39 is 4.92 Å². The molecule has 6 heteroatoms. The van der Waals surface area contributed by atoms with E-state index in [1.54, 1.807) is 38.0 Å². The summed E-state index contributed by atoms with van der Waals surface area (Å²) in [4.78, 5) is 24.8. The summed E-state index contributed by atoms with van der Waals surface area (Å²) in [6.07, 6.45) is 0.700. The molecule has 0 saturated carbocycles. The third-order valence-electron chi connectivity index (χ3n) is 2.41. The Kier molecular flexibility index (Phi) is 3.67. The van der Waals surface area contributed by atoms with Crippen molar-refractivity contribution >= 4 is 23.3 Å². The lowest BCUT2D eigenvalue weighted by Gasteiger charge is -2.18. The Bertz CT molecular complexity index is 456. The molecule has 1 rings (SSSR count). The third-order valence-corrected chi connectivity index (χ3v) is 2.41. The summed E-state index contributed by atoms with van der Waals surface area (Å²) in [6.45, 7) is 0. The van der Waals surface area contributed by atoms with Crippen LogP contribution in [0.4, 0.5) is 17.1 Å². The monoisotopic (exact) mass is 237 g/mol. The van der Waals surface area contributed by atoms with Crippen LogP contribution in [0.25, 0.3) is 0 Å². The maximum atomic E-state index is 11.0. The molecule has 92 valence electrons. The van der Waals surface area contributed by atoms with E-state index in [0.29, 0.717) is 23.2 Å². The average molecular weight is 237 g/mol. The van der Waals surface area contributed by atoms with Crippen LogP contribution < -0.4 is 9.80 Å². The van der Waals surface area contributed by atoms with Gasteiger partial charge in [-0.1, -0.05) is 0 Å². The fourth-order valence-corrected chi connectivity index (χ4v) is 1.57. The number of benzene rings is 1. The lowest BCUT2D eigenvalue weighted by atomic mass is 10.1. The Morgan fingerprint density at radius 2 is 1.65 bits per heavy atom. The highest BCUT2D eigenvalue weighted by Crippen LogP contribution is 2.33. The summed E-state index contributed by atoms with van der Waals surface area (Å²) >= 11 is 0. The number of anilines is 2. The van der Waals surface area contributed by atoms with Crippen LogP contribution in [0.15, 0.2) is 12.1 Å². The molecule has 0 atom stereocenters. The van der Waals surface area contributed by atoms with Crippen LogP contribution in [-0.2, 0) is 0 Å². The summed E-state index contributed by atoms with van der Waals surface area (Å²) in [5.41, 5.74) is 1.38. The van der Waals surface area contributed by atoms with Gasteiger partial charge in [0.2, 0.25) is 0 Å². The molecule has 0 saturated heterocycles. The molecule has 0 amide bonds. The van der Waals surface area contributed by atoms with Gasteiger partial charge in [-0.15, -0.1) is 0 Å². The number of aldehydes is 1. The van der Waals surface area contributed by atoms with Gasteiger partial charge in [0.1, 0.15) is 5.69 Å². The number of hydrogen-bond acceptors (Lipinski definition) is 5. The van der Waals surface area contributed by atoms with Crippen molar-refractivity contribution in [1.82, 2.24) is 0 Å². The molecule has 0 aromatic heterocycles. The van der Waals surface area contributed by atoms with Crippen LogP contribution in [0, 0.1) is 10.1 Å². The van der Waals surface area contributed by atoms with E-state index in [4.69, 9.17) is 0 Å². The Balaban J connectivity index is 3.53. The summed E-state index contributed by atoms with van der Waals surface area (Å²) in [6, 6.07) is 2.94. The molecule has 0 heterocycles. The number of nitro benzene ring substituents is 1. The summed E-state index contributed by atoms with van der Waals surface area (Å²) in [5, 5.41) is 11.0. The Morgan fingerprint density at radius 1 is 1.12 bits per heavy atom. The first-order chi connectivity index (χ1) is 7.88. The normalized spacial score (nSPS) is 9.88. The van der Waals surface area contributed by atoms with Gasteiger partial charge in [-0.3, -0.25) is 14.9 Å². The van der Waals surface area contributed by atoms with Crippen molar-refractivity contribution < 1.29 is 9.72 Å². The zero-order chi connectivity index (χ0) is 13.2. The predicted molar refractivity (Wildman–Crippen MR) is 67.1 cm³/mol. The molecule has 0 aliphatic rings. The molecule has 0 radical (unpaired) electrons. The number of nitro groups is 1. The number of carbonyl (C=O) groups is 1. The van der Waals surface area contributed by atoms with Crippen molar-refractivity contribution in [2.45, 2.75) is 0 Å². The second kappa shape index (κ2) is 4.82. The van der Waals surface area contributed by atoms with Gasteiger partial charge in [0.15, 0.2) is 6.29 Å². The van der Waals surface area contributed by atoms with Crippen molar-refractivity contribution in [2.75, 3.05) is 38.0 Å². The SMILES string of the molecule is CN(C)c1cc([N+](=O)[O-])c(N(C)C)cc1C=O. The van der Waals surface area contributed by atoms with Gasteiger partial charge in [0, 0.05) is 39.8 Å². The predicted octanol–water partition coefficient (Wildman–Crippen LogP) is 1.54. The fraction of sp³-hybridized carbons (Fsp3) is 0.364. The zero-order valence-electron chi connectivity index (χ0n) is 10.3. The minimum absolute atomic E-state index is 0.00991. The molecule has 0 spiro atoms. The molecule has 1 aromatic rings. The lowest BCUT2D eigenvalue weighted by Crippen LogP contribution is -2.15. The standard InChI is InChI=1S/C11H15N3O3/c1-12(2)9-6-11(14(16)17)10(13(3)4)5-8(9)7-15/h5-7H,1-4H3. The van der Waals surface area contributed by atoms with Gasteiger partial charge in [-0.25, -0.2) is 0 Å². The number of rotatable bonds is 4. The molecule has 17 heavy (non-hydrogen) atoms. The van der Waals surface area contributed by atoms with E-state index in [1.165, 1.54) is 12.1 Å². The van der Waals surface area contributed by atoms with E-state index >= 15 is 0 Å². The summed E-state index contributed by atoms with van der Waals surface area (Å²) in [7, 11) is 6.88. The first kappa shape index (κ1) is 13.0. The van der Waals surface area contributed by atoms with Crippen LogP contribution in [0.2, 0.25) is 0 Å². The quantitative estimate of drug-likeness (QED) is 0.451. The first-order valence-corrected chi connectivity index (χ1v) is 5.00. The van der Waals surface area contributed by atoms with Crippen LogP contribution in [0.1, 0.15) is 10.4 Å². The maximum Gasteiger partial charge on any atom is 0.294 e. The van der Waals surface area contributed by atoms with Crippen molar-refractivity contribution in [2.24, 2.45) is 0 Å². The second-order valence-electron chi connectivity index (χ2n) is 4.06. The molecule has 0 fully saturated rings. The number of carbonyl (C=O) groups excluding carboxylic acids is 1. The third kappa shape index (κ3) is 2.52. The van der Waals surface area contributed by atoms with Crippen molar-refractivity contribution in [3.05, 3.63) is 27.8 Å². The van der Waals surface area contributed by atoms with E-state index in [0.717, 1.165) is 0 Å². The molecular weight excluding hydrogens is 222 g/mol. The summed E-state index contributed by atoms with van der Waals surface area (Å²) in [5.74, 6) is 0. The van der Waals surface area contributed by atoms with E-state index in [2.05, 4.69) is 0 Å². The van der Waals surface area contributed by atoms with Crippen LogP contribution in [0.3, 0.4) is 0 Å². The highest BCUT2D eigenvalue weighted by molar-refractivity contribution is 5.89. The molecule has 0 aliphatic heterocycles. The van der Waals surface area contributed by atoms with Gasteiger partial charge in [-0.05, 0) is 6.07 Å². The largest absolute Gasteiger partial charge is 0.377 e. The zero-order valence-corrected chi connectivity index (χ0v) is 10.3. The minimum Gasteiger partial charge on any atom is -0.377 e. The van der Waals surface area contributed by atoms with Gasteiger partial charge >= 0.3 is 0 Å². The number of hydrogen-bond donors (Lipinski definition) is 0. The van der Waals surface area contributed by atoms with Crippen molar-refractivity contribution in [1.29, 1.82) is 0 Å². The minimum atomic E-state index is -0.448. The first-order valence-electron chi connectivity index (χ1n) is 5.00. The van der Waals surface area contributed by atoms with Gasteiger partial charge in [0.05, 0.1) is 10.6 Å². The van der Waals surface area contributed by atoms with Gasteiger partial charge < -0.3 is 9.80 Å². The highest BCUT2D eigenvalue weighted by Gasteiger charge is 2.20.